The first-order valence-corrected chi connectivity index (χ1v) is 9.91. The lowest BCUT2D eigenvalue weighted by atomic mass is 10.0. The van der Waals surface area contributed by atoms with Gasteiger partial charge >= 0.3 is 0 Å². The van der Waals surface area contributed by atoms with Gasteiger partial charge in [0.15, 0.2) is 0 Å². The predicted molar refractivity (Wildman–Crippen MR) is 98.5 cm³/mol. The molecule has 1 saturated heterocycles. The van der Waals surface area contributed by atoms with Gasteiger partial charge in [0, 0.05) is 30.2 Å². The average Bonchev–Trinajstić information content (AvgIpc) is 2.99. The van der Waals surface area contributed by atoms with E-state index in [-0.39, 0.29) is 30.4 Å². The third kappa shape index (κ3) is 2.98. The van der Waals surface area contributed by atoms with Crippen molar-refractivity contribution in [1.82, 2.24) is 19.8 Å². The van der Waals surface area contributed by atoms with Gasteiger partial charge in [0.25, 0.3) is 0 Å². The number of hydrogen-bond acceptors (Lipinski definition) is 6. The van der Waals surface area contributed by atoms with Crippen LogP contribution in [-0.2, 0) is 14.8 Å². The van der Waals surface area contributed by atoms with Gasteiger partial charge in [-0.3, -0.25) is 9.78 Å². The number of carbonyl (C=O) groups excluding carboxylic acids is 1. The standard InChI is InChI=1S/C18H18N4O4S/c1-11-18(12(2)26-21-11)13-8-15-14(4-3-5-19-15)16(9-13)27(24,25)22-7-6-20-17(23)10-22/h3-5,8-9H,6-7,10H2,1-2H3,(H,20,23). The molecule has 3 heterocycles. The molecule has 27 heavy (non-hydrogen) atoms. The van der Waals surface area contributed by atoms with Gasteiger partial charge in [-0.15, -0.1) is 0 Å². The number of rotatable bonds is 3. The van der Waals surface area contributed by atoms with Crippen molar-refractivity contribution in [2.24, 2.45) is 0 Å². The van der Waals surface area contributed by atoms with E-state index in [1.807, 2.05) is 6.07 Å². The molecule has 9 heteroatoms. The number of pyridine rings is 1. The molecule has 0 aliphatic carbocycles. The molecule has 0 spiro atoms. The topological polar surface area (TPSA) is 105 Å². The van der Waals surface area contributed by atoms with Crippen LogP contribution in [0, 0.1) is 13.8 Å². The van der Waals surface area contributed by atoms with Crippen LogP contribution in [0.3, 0.4) is 0 Å². The molecule has 1 N–H and O–H groups in total. The summed E-state index contributed by atoms with van der Waals surface area (Å²) >= 11 is 0. The van der Waals surface area contributed by atoms with E-state index >= 15 is 0 Å². The fourth-order valence-corrected chi connectivity index (χ4v) is 4.98. The quantitative estimate of drug-likeness (QED) is 0.733. The third-order valence-electron chi connectivity index (χ3n) is 4.63. The molecular formula is C18H18N4O4S. The third-order valence-corrected chi connectivity index (χ3v) is 6.51. The van der Waals surface area contributed by atoms with Gasteiger partial charge in [-0.05, 0) is 43.7 Å². The lowest BCUT2D eigenvalue weighted by Gasteiger charge is -2.26. The minimum Gasteiger partial charge on any atom is -0.361 e. The van der Waals surface area contributed by atoms with Gasteiger partial charge in [-0.2, -0.15) is 4.31 Å². The fraction of sp³-hybridized carbons (Fsp3) is 0.278. The van der Waals surface area contributed by atoms with Crippen LogP contribution in [0.15, 0.2) is 39.9 Å². The second-order valence-corrected chi connectivity index (χ2v) is 8.34. The first-order chi connectivity index (χ1) is 12.9. The highest BCUT2D eigenvalue weighted by molar-refractivity contribution is 7.89. The van der Waals surface area contributed by atoms with Crippen LogP contribution in [0.2, 0.25) is 0 Å². The maximum Gasteiger partial charge on any atom is 0.244 e. The molecule has 140 valence electrons. The molecule has 3 aromatic rings. The second-order valence-electron chi connectivity index (χ2n) is 6.43. The summed E-state index contributed by atoms with van der Waals surface area (Å²) in [5.41, 5.74) is 2.63. The zero-order valence-corrected chi connectivity index (χ0v) is 15.7. The number of carbonyl (C=O) groups is 1. The van der Waals surface area contributed by atoms with E-state index in [2.05, 4.69) is 15.5 Å². The Morgan fingerprint density at radius 2 is 2.07 bits per heavy atom. The summed E-state index contributed by atoms with van der Waals surface area (Å²) in [6, 6.07) is 6.85. The van der Waals surface area contributed by atoms with E-state index in [1.165, 1.54) is 4.31 Å². The van der Waals surface area contributed by atoms with E-state index in [9.17, 15) is 13.2 Å². The average molecular weight is 386 g/mol. The van der Waals surface area contributed by atoms with E-state index in [0.29, 0.717) is 27.9 Å². The Bertz CT molecular complexity index is 1130. The number of amides is 1. The summed E-state index contributed by atoms with van der Waals surface area (Å²) in [6.45, 7) is 3.90. The molecule has 0 saturated carbocycles. The van der Waals surface area contributed by atoms with Crippen molar-refractivity contribution in [3.8, 4) is 11.1 Å². The molecule has 1 fully saturated rings. The SMILES string of the molecule is Cc1noc(C)c1-c1cc(S(=O)(=O)N2CCNC(=O)C2)c2cccnc2c1. The number of hydrogen-bond donors (Lipinski definition) is 1. The van der Waals surface area contributed by atoms with Crippen LogP contribution in [-0.4, -0.2) is 48.4 Å². The number of aromatic nitrogens is 2. The predicted octanol–water partition coefficient (Wildman–Crippen LogP) is 1.63. The van der Waals surface area contributed by atoms with Gasteiger partial charge in [-0.1, -0.05) is 5.16 Å². The number of nitrogens with one attached hydrogen (secondary N) is 1. The van der Waals surface area contributed by atoms with E-state index < -0.39 is 10.0 Å². The number of nitrogens with zero attached hydrogens (tertiary/aromatic N) is 3. The Kier molecular flexibility index (Phi) is 4.20. The van der Waals surface area contributed by atoms with E-state index in [1.54, 1.807) is 38.2 Å². The Morgan fingerprint density at radius 3 is 2.78 bits per heavy atom. The summed E-state index contributed by atoms with van der Waals surface area (Å²) < 4.78 is 33.1. The normalized spacial score (nSPS) is 15.9. The van der Waals surface area contributed by atoms with Crippen LogP contribution < -0.4 is 5.32 Å². The molecule has 0 unspecified atom stereocenters. The lowest BCUT2D eigenvalue weighted by molar-refractivity contribution is -0.122. The Labute approximate surface area is 156 Å². The van der Waals surface area contributed by atoms with Crippen LogP contribution in [0.25, 0.3) is 22.0 Å². The molecular weight excluding hydrogens is 368 g/mol. The summed E-state index contributed by atoms with van der Waals surface area (Å²) in [5.74, 6) is 0.289. The van der Waals surface area contributed by atoms with Crippen LogP contribution in [0.4, 0.5) is 0 Å². The van der Waals surface area contributed by atoms with E-state index in [4.69, 9.17) is 4.52 Å². The van der Waals surface area contributed by atoms with Crippen LogP contribution in [0.5, 0.6) is 0 Å². The molecule has 2 aromatic heterocycles. The van der Waals surface area contributed by atoms with Crippen molar-refractivity contribution >= 4 is 26.8 Å². The molecule has 4 rings (SSSR count). The van der Waals surface area contributed by atoms with Crippen LogP contribution >= 0.6 is 0 Å². The first kappa shape index (κ1) is 17.6. The Hall–Kier alpha value is -2.78. The highest BCUT2D eigenvalue weighted by Gasteiger charge is 2.31. The summed E-state index contributed by atoms with van der Waals surface area (Å²) in [7, 11) is -3.88. The van der Waals surface area contributed by atoms with E-state index in [0.717, 1.165) is 5.56 Å². The van der Waals surface area contributed by atoms with Gasteiger partial charge in [0.05, 0.1) is 22.7 Å². The van der Waals surface area contributed by atoms with Gasteiger partial charge in [-0.25, -0.2) is 8.42 Å². The molecule has 1 aliphatic heterocycles. The van der Waals surface area contributed by atoms with Crippen molar-refractivity contribution in [2.45, 2.75) is 18.7 Å². The largest absolute Gasteiger partial charge is 0.361 e. The fourth-order valence-electron chi connectivity index (χ4n) is 3.36. The summed E-state index contributed by atoms with van der Waals surface area (Å²) in [5, 5.41) is 7.11. The zero-order valence-electron chi connectivity index (χ0n) is 14.9. The molecule has 1 amide bonds. The number of aryl methyl sites for hydroxylation is 2. The lowest BCUT2D eigenvalue weighted by Crippen LogP contribution is -2.49. The Balaban J connectivity index is 1.95. The number of piperazine rings is 1. The Morgan fingerprint density at radius 1 is 1.26 bits per heavy atom. The monoisotopic (exact) mass is 386 g/mol. The van der Waals surface area contributed by atoms with Crippen molar-refractivity contribution in [2.75, 3.05) is 19.6 Å². The smallest absolute Gasteiger partial charge is 0.244 e. The maximum absolute atomic E-state index is 13.3. The molecule has 1 aromatic carbocycles. The minimum atomic E-state index is -3.88. The number of sulfonamides is 1. The van der Waals surface area contributed by atoms with Crippen molar-refractivity contribution in [1.29, 1.82) is 0 Å². The molecule has 1 aliphatic rings. The molecule has 0 atom stereocenters. The zero-order chi connectivity index (χ0) is 19.2. The highest BCUT2D eigenvalue weighted by atomic mass is 32.2. The van der Waals surface area contributed by atoms with Crippen LogP contribution in [0.1, 0.15) is 11.5 Å². The van der Waals surface area contributed by atoms with Crippen molar-refractivity contribution < 1.29 is 17.7 Å². The summed E-state index contributed by atoms with van der Waals surface area (Å²) in [4.78, 5) is 16.2. The molecule has 0 radical (unpaired) electrons. The van der Waals surface area contributed by atoms with Gasteiger partial charge in [0.2, 0.25) is 15.9 Å². The van der Waals surface area contributed by atoms with Crippen molar-refractivity contribution in [3.63, 3.8) is 0 Å². The molecule has 8 nitrogen and oxygen atoms in total. The number of benzene rings is 1. The maximum atomic E-state index is 13.3. The molecule has 0 bridgehead atoms. The second kappa shape index (κ2) is 6.43. The van der Waals surface area contributed by atoms with Gasteiger partial charge in [0.1, 0.15) is 5.76 Å². The van der Waals surface area contributed by atoms with Gasteiger partial charge < -0.3 is 9.84 Å². The first-order valence-electron chi connectivity index (χ1n) is 8.47. The minimum absolute atomic E-state index is 0.123. The highest BCUT2D eigenvalue weighted by Crippen LogP contribution is 2.34. The number of fused-ring (bicyclic) bond motifs is 1. The van der Waals surface area contributed by atoms with Crippen molar-refractivity contribution in [3.05, 3.63) is 41.9 Å². The summed E-state index contributed by atoms with van der Waals surface area (Å²) in [6.07, 6.45) is 1.62.